The standard InChI is InChI=1S/C20H26B2N2O8/c1-30-19(25)17(23)10-14-4-8-16(9-5-14)22(29)32-12-31-20(26)18(24)11-13-2-6-15(7-3-13)21(27)28/h2-9,17-18,27-29H,10-12,23-24H2,1H3/t17-,18-/m0/s1. The van der Waals surface area contributed by atoms with Crippen LogP contribution in [0.2, 0.25) is 0 Å². The zero-order valence-corrected chi connectivity index (χ0v) is 17.6. The maximum atomic E-state index is 12.0. The molecule has 170 valence electrons. The summed E-state index contributed by atoms with van der Waals surface area (Å²) in [5.74, 6) is -1.23. The van der Waals surface area contributed by atoms with Crippen LogP contribution in [0, 0.1) is 0 Å². The van der Waals surface area contributed by atoms with Crippen LogP contribution in [0.5, 0.6) is 0 Å². The van der Waals surface area contributed by atoms with Gasteiger partial charge in [0.1, 0.15) is 12.1 Å². The first-order valence-corrected chi connectivity index (χ1v) is 9.80. The van der Waals surface area contributed by atoms with Gasteiger partial charge in [0, 0.05) is 0 Å². The van der Waals surface area contributed by atoms with Crippen LogP contribution >= 0.6 is 0 Å². The molecule has 0 unspecified atom stereocenters. The molecular formula is C20H26B2N2O8. The highest BCUT2D eigenvalue weighted by Gasteiger charge is 2.21. The van der Waals surface area contributed by atoms with Crippen LogP contribution in [0.1, 0.15) is 11.1 Å². The third-order valence-electron chi connectivity index (χ3n) is 4.69. The summed E-state index contributed by atoms with van der Waals surface area (Å²) < 4.78 is 14.7. The van der Waals surface area contributed by atoms with Gasteiger partial charge in [0.15, 0.2) is 6.79 Å². The molecule has 2 atom stereocenters. The van der Waals surface area contributed by atoms with E-state index in [1.165, 1.54) is 19.2 Å². The minimum Gasteiger partial charge on any atom is -0.468 e. The number of carbonyl (C=O) groups excluding carboxylic acids is 2. The molecular weight excluding hydrogens is 418 g/mol. The Labute approximate surface area is 186 Å². The maximum absolute atomic E-state index is 12.0. The Bertz CT molecular complexity index is 880. The number of methoxy groups -OCH3 is 1. The second kappa shape index (κ2) is 12.3. The SMILES string of the molecule is COC(=O)[C@@H](N)Cc1ccc(B(O)OCOC(=O)[C@@H](N)Cc2ccc(B(O)O)cc2)cc1. The van der Waals surface area contributed by atoms with E-state index in [9.17, 15) is 14.6 Å². The van der Waals surface area contributed by atoms with Crippen molar-refractivity contribution >= 4 is 37.1 Å². The predicted molar refractivity (Wildman–Crippen MR) is 118 cm³/mol. The van der Waals surface area contributed by atoms with Gasteiger partial charge >= 0.3 is 26.2 Å². The Morgan fingerprint density at radius 3 is 1.78 bits per heavy atom. The Hall–Kier alpha value is -2.73. The van der Waals surface area contributed by atoms with Gasteiger partial charge < -0.3 is 40.7 Å². The van der Waals surface area contributed by atoms with Crippen molar-refractivity contribution in [3.63, 3.8) is 0 Å². The molecule has 0 aromatic heterocycles. The summed E-state index contributed by atoms with van der Waals surface area (Å²) in [6.45, 7) is -0.502. The molecule has 0 saturated carbocycles. The molecule has 0 amide bonds. The molecule has 0 radical (unpaired) electrons. The number of carbonyl (C=O) groups is 2. The lowest BCUT2D eigenvalue weighted by atomic mass is 9.79. The lowest BCUT2D eigenvalue weighted by Crippen LogP contribution is -2.38. The summed E-state index contributed by atoms with van der Waals surface area (Å²) in [5, 5.41) is 28.3. The first kappa shape index (κ1) is 25.5. The van der Waals surface area contributed by atoms with E-state index in [2.05, 4.69) is 4.74 Å². The molecule has 0 heterocycles. The average Bonchev–Trinajstić information content (AvgIpc) is 2.79. The fourth-order valence-corrected chi connectivity index (χ4v) is 2.83. The van der Waals surface area contributed by atoms with Gasteiger partial charge in [-0.25, -0.2) is 0 Å². The van der Waals surface area contributed by atoms with Gasteiger partial charge in [-0.2, -0.15) is 0 Å². The Morgan fingerprint density at radius 2 is 1.31 bits per heavy atom. The smallest absolute Gasteiger partial charge is 0.468 e. The Balaban J connectivity index is 1.77. The van der Waals surface area contributed by atoms with Gasteiger partial charge in [-0.15, -0.1) is 0 Å². The second-order valence-electron chi connectivity index (χ2n) is 7.10. The molecule has 2 aromatic rings. The van der Waals surface area contributed by atoms with Crippen LogP contribution in [0.4, 0.5) is 0 Å². The average molecular weight is 444 g/mol. The van der Waals surface area contributed by atoms with E-state index < -0.39 is 45.1 Å². The van der Waals surface area contributed by atoms with Crippen molar-refractivity contribution in [2.45, 2.75) is 24.9 Å². The second-order valence-corrected chi connectivity index (χ2v) is 7.10. The summed E-state index contributed by atoms with van der Waals surface area (Å²) in [4.78, 5) is 23.4. The molecule has 2 aromatic carbocycles. The summed E-state index contributed by atoms with van der Waals surface area (Å²) in [7, 11) is -1.64. The molecule has 0 aliphatic carbocycles. The van der Waals surface area contributed by atoms with Crippen LogP contribution in [0.15, 0.2) is 48.5 Å². The molecule has 2 rings (SSSR count). The van der Waals surface area contributed by atoms with E-state index in [0.29, 0.717) is 16.5 Å². The predicted octanol–water partition coefficient (Wildman–Crippen LogP) is -2.82. The quantitative estimate of drug-likeness (QED) is 0.138. The highest BCUT2D eigenvalue weighted by Crippen LogP contribution is 2.04. The van der Waals surface area contributed by atoms with Gasteiger partial charge in [-0.1, -0.05) is 48.5 Å². The summed E-state index contributed by atoms with van der Waals surface area (Å²) in [6, 6.07) is 11.1. The van der Waals surface area contributed by atoms with Crippen LogP contribution in [0.25, 0.3) is 0 Å². The zero-order valence-electron chi connectivity index (χ0n) is 17.6. The number of benzene rings is 2. The number of hydrogen-bond acceptors (Lipinski definition) is 10. The van der Waals surface area contributed by atoms with Crippen molar-refractivity contribution in [1.29, 1.82) is 0 Å². The summed E-state index contributed by atoms with van der Waals surface area (Å²) in [6.07, 6.45) is 0.459. The third kappa shape index (κ3) is 7.75. The summed E-state index contributed by atoms with van der Waals surface area (Å²) >= 11 is 0. The lowest BCUT2D eigenvalue weighted by Gasteiger charge is -2.14. The monoisotopic (exact) mass is 444 g/mol. The fourth-order valence-electron chi connectivity index (χ4n) is 2.83. The van der Waals surface area contributed by atoms with Crippen molar-refractivity contribution in [2.24, 2.45) is 11.5 Å². The molecule has 0 aliphatic heterocycles. The molecule has 10 nitrogen and oxygen atoms in total. The van der Waals surface area contributed by atoms with E-state index >= 15 is 0 Å². The number of esters is 2. The van der Waals surface area contributed by atoms with Crippen LogP contribution in [0.3, 0.4) is 0 Å². The molecule has 0 saturated heterocycles. The highest BCUT2D eigenvalue weighted by atomic mass is 16.7. The fraction of sp³-hybridized carbons (Fsp3) is 0.300. The molecule has 0 aliphatic rings. The van der Waals surface area contributed by atoms with Gasteiger partial charge in [-0.05, 0) is 34.9 Å². The number of rotatable bonds is 11. The van der Waals surface area contributed by atoms with Crippen LogP contribution in [-0.4, -0.2) is 67.2 Å². The molecule has 12 heteroatoms. The first-order valence-electron chi connectivity index (χ1n) is 9.80. The minimum atomic E-state index is -1.57. The Morgan fingerprint density at radius 1 is 0.844 bits per heavy atom. The molecule has 0 bridgehead atoms. The van der Waals surface area contributed by atoms with Crippen molar-refractivity contribution in [1.82, 2.24) is 0 Å². The number of ether oxygens (including phenoxy) is 2. The first-order chi connectivity index (χ1) is 15.2. The molecule has 7 N–H and O–H groups in total. The molecule has 0 fully saturated rings. The molecule has 32 heavy (non-hydrogen) atoms. The normalized spacial score (nSPS) is 12.6. The summed E-state index contributed by atoms with van der Waals surface area (Å²) in [5.41, 5.74) is 13.8. The van der Waals surface area contributed by atoms with Gasteiger partial charge in [0.25, 0.3) is 0 Å². The van der Waals surface area contributed by atoms with Gasteiger partial charge in [0.2, 0.25) is 0 Å². The van der Waals surface area contributed by atoms with Crippen molar-refractivity contribution < 1.29 is 38.8 Å². The molecule has 0 spiro atoms. The van der Waals surface area contributed by atoms with Crippen molar-refractivity contribution in [3.8, 4) is 0 Å². The topological polar surface area (TPSA) is 175 Å². The maximum Gasteiger partial charge on any atom is 0.493 e. The minimum absolute atomic E-state index is 0.179. The van der Waals surface area contributed by atoms with Crippen LogP contribution in [-0.2, 0) is 36.6 Å². The van der Waals surface area contributed by atoms with Crippen molar-refractivity contribution in [2.75, 3.05) is 13.9 Å². The van der Waals surface area contributed by atoms with E-state index in [1.807, 2.05) is 0 Å². The van der Waals surface area contributed by atoms with Gasteiger partial charge in [-0.3, -0.25) is 9.59 Å². The zero-order chi connectivity index (χ0) is 23.7. The highest BCUT2D eigenvalue weighted by molar-refractivity contribution is 6.60. The van der Waals surface area contributed by atoms with Crippen LogP contribution < -0.4 is 22.4 Å². The number of hydrogen-bond donors (Lipinski definition) is 5. The third-order valence-corrected chi connectivity index (χ3v) is 4.69. The van der Waals surface area contributed by atoms with E-state index in [4.69, 9.17) is 30.9 Å². The Kier molecular flexibility index (Phi) is 9.85. The van der Waals surface area contributed by atoms with E-state index in [-0.39, 0.29) is 12.8 Å². The number of nitrogens with two attached hydrogens (primary N) is 2. The largest absolute Gasteiger partial charge is 0.493 e. The van der Waals surface area contributed by atoms with Gasteiger partial charge in [0.05, 0.1) is 7.11 Å². The van der Waals surface area contributed by atoms with E-state index in [0.717, 1.165) is 5.56 Å². The van der Waals surface area contributed by atoms with E-state index in [1.54, 1.807) is 36.4 Å². The lowest BCUT2D eigenvalue weighted by molar-refractivity contribution is -0.152. The van der Waals surface area contributed by atoms with Crippen molar-refractivity contribution in [3.05, 3.63) is 59.7 Å².